The van der Waals surface area contributed by atoms with E-state index >= 15 is 0 Å². The van der Waals surface area contributed by atoms with Gasteiger partial charge in [-0.1, -0.05) is 27.2 Å². The van der Waals surface area contributed by atoms with Crippen LogP contribution in [-0.4, -0.2) is 65.8 Å². The van der Waals surface area contributed by atoms with Crippen LogP contribution in [0.2, 0.25) is 0 Å². The molecule has 0 N–H and O–H groups in total. The van der Waals surface area contributed by atoms with Crippen molar-refractivity contribution in [3.8, 4) is 0 Å². The zero-order chi connectivity index (χ0) is 16.5. The van der Waals surface area contributed by atoms with Gasteiger partial charge in [0.2, 0.25) is 5.91 Å². The van der Waals surface area contributed by atoms with Gasteiger partial charge in [-0.25, -0.2) is 0 Å². The van der Waals surface area contributed by atoms with Crippen molar-refractivity contribution in [2.75, 3.05) is 27.2 Å². The summed E-state index contributed by atoms with van der Waals surface area (Å²) < 4.78 is 0. The van der Waals surface area contributed by atoms with Gasteiger partial charge in [0.25, 0.3) is 0 Å². The maximum absolute atomic E-state index is 13.2. The van der Waals surface area contributed by atoms with Crippen molar-refractivity contribution in [2.24, 2.45) is 23.7 Å². The topological polar surface area (TPSA) is 36.0 Å². The van der Waals surface area contributed by atoms with Gasteiger partial charge < -0.3 is 9.80 Å². The average molecular weight is 321 g/mol. The first-order chi connectivity index (χ1) is 10.9. The summed E-state index contributed by atoms with van der Waals surface area (Å²) in [5, 5.41) is 2.18. The third kappa shape index (κ3) is 1.99. The van der Waals surface area contributed by atoms with E-state index in [0.717, 1.165) is 19.5 Å². The number of carbonyl (C=O) groups excluding carboxylic acids is 1. The number of likely N-dealkylation sites (N-methyl/N-ethyl adjacent to an activating group) is 2. The molecule has 0 aromatic rings. The molecule has 4 aliphatic rings. The summed E-state index contributed by atoms with van der Waals surface area (Å²) in [7, 11) is 4.15. The Bertz CT molecular complexity index is 510. The van der Waals surface area contributed by atoms with E-state index in [4.69, 9.17) is 4.84 Å². The SMILES string of the molecule is CC1CCC(C(C)C)C2(C1)N(C)C(=O)[C@H]1[C@H]3CN(C)C[C@H]3ON12. The number of hydrogen-bond donors (Lipinski definition) is 0. The fraction of sp³-hybridized carbons (Fsp3) is 0.944. The Labute approximate surface area is 139 Å². The number of hydroxylamine groups is 2. The number of likely N-dealkylation sites (tertiary alicyclic amines) is 1. The second-order valence-electron chi connectivity index (χ2n) is 8.81. The molecule has 0 radical (unpaired) electrons. The van der Waals surface area contributed by atoms with Crippen LogP contribution in [0, 0.1) is 23.7 Å². The van der Waals surface area contributed by atoms with Gasteiger partial charge in [-0.3, -0.25) is 9.63 Å². The van der Waals surface area contributed by atoms with Gasteiger partial charge in [0.15, 0.2) is 0 Å². The van der Waals surface area contributed by atoms with Gasteiger partial charge in [0.05, 0.1) is 6.10 Å². The van der Waals surface area contributed by atoms with Crippen LogP contribution in [0.25, 0.3) is 0 Å². The molecule has 0 bridgehead atoms. The lowest BCUT2D eigenvalue weighted by Crippen LogP contribution is -2.61. The Morgan fingerprint density at radius 3 is 2.65 bits per heavy atom. The van der Waals surface area contributed by atoms with Crippen molar-refractivity contribution < 1.29 is 9.63 Å². The Kier molecular flexibility index (Phi) is 3.56. The highest BCUT2D eigenvalue weighted by atomic mass is 16.7. The molecule has 3 aliphatic heterocycles. The standard InChI is InChI=1S/C18H31N3O2/c1-11(2)14-7-6-12(3)8-18(14)20(5)17(22)16-13-9-19(4)10-15(13)23-21(16)18/h11-16H,6-10H2,1-5H3/t12?,13-,14?,15+,16+,18?/m0/s1. The van der Waals surface area contributed by atoms with Gasteiger partial charge in [-0.05, 0) is 31.7 Å². The summed E-state index contributed by atoms with van der Waals surface area (Å²) in [4.78, 5) is 24.0. The van der Waals surface area contributed by atoms with Crippen LogP contribution in [0.15, 0.2) is 0 Å². The second kappa shape index (κ2) is 5.17. The lowest BCUT2D eigenvalue weighted by Gasteiger charge is -2.52. The Morgan fingerprint density at radius 1 is 1.22 bits per heavy atom. The quantitative estimate of drug-likeness (QED) is 0.738. The number of fused-ring (bicyclic) bond motifs is 4. The Balaban J connectivity index is 1.74. The summed E-state index contributed by atoms with van der Waals surface area (Å²) in [6.45, 7) is 8.86. The van der Waals surface area contributed by atoms with Crippen LogP contribution in [-0.2, 0) is 9.63 Å². The predicted molar refractivity (Wildman–Crippen MR) is 88.3 cm³/mol. The fourth-order valence-corrected chi connectivity index (χ4v) is 5.91. The summed E-state index contributed by atoms with van der Waals surface area (Å²) in [5.41, 5.74) is -0.226. The van der Waals surface area contributed by atoms with Crippen molar-refractivity contribution in [2.45, 2.75) is 57.8 Å². The van der Waals surface area contributed by atoms with Crippen LogP contribution in [0.1, 0.15) is 40.0 Å². The molecular weight excluding hydrogens is 290 g/mol. The largest absolute Gasteiger partial charge is 0.323 e. The first-order valence-corrected chi connectivity index (χ1v) is 9.28. The molecule has 1 aliphatic carbocycles. The van der Waals surface area contributed by atoms with E-state index < -0.39 is 0 Å². The number of amides is 1. The molecule has 23 heavy (non-hydrogen) atoms. The number of rotatable bonds is 1. The smallest absolute Gasteiger partial charge is 0.244 e. The van der Waals surface area contributed by atoms with E-state index in [2.05, 4.69) is 42.7 Å². The van der Waals surface area contributed by atoms with Crippen LogP contribution in [0.5, 0.6) is 0 Å². The molecule has 6 atom stereocenters. The van der Waals surface area contributed by atoms with Crippen molar-refractivity contribution in [3.05, 3.63) is 0 Å². The number of hydrogen-bond acceptors (Lipinski definition) is 4. The zero-order valence-corrected chi connectivity index (χ0v) is 15.2. The molecule has 1 spiro atoms. The highest BCUT2D eigenvalue weighted by Gasteiger charge is 2.68. The molecule has 4 rings (SSSR count). The highest BCUT2D eigenvalue weighted by Crippen LogP contribution is 2.54. The van der Waals surface area contributed by atoms with Crippen molar-refractivity contribution in [1.82, 2.24) is 14.9 Å². The number of carbonyl (C=O) groups is 1. The number of nitrogens with zero attached hydrogens (tertiary/aromatic N) is 3. The van der Waals surface area contributed by atoms with E-state index in [-0.39, 0.29) is 23.7 Å². The molecule has 1 saturated carbocycles. The Morgan fingerprint density at radius 2 is 1.96 bits per heavy atom. The molecule has 4 fully saturated rings. The first-order valence-electron chi connectivity index (χ1n) is 9.28. The molecule has 130 valence electrons. The summed E-state index contributed by atoms with van der Waals surface area (Å²) >= 11 is 0. The van der Waals surface area contributed by atoms with E-state index in [1.165, 1.54) is 12.8 Å². The van der Waals surface area contributed by atoms with E-state index in [1.807, 2.05) is 7.05 Å². The van der Waals surface area contributed by atoms with Crippen LogP contribution < -0.4 is 0 Å². The minimum Gasteiger partial charge on any atom is -0.323 e. The molecular formula is C18H31N3O2. The van der Waals surface area contributed by atoms with Gasteiger partial charge in [-0.15, -0.1) is 5.06 Å². The van der Waals surface area contributed by atoms with E-state index in [1.54, 1.807) is 0 Å². The monoisotopic (exact) mass is 321 g/mol. The van der Waals surface area contributed by atoms with E-state index in [0.29, 0.717) is 23.7 Å². The van der Waals surface area contributed by atoms with E-state index in [9.17, 15) is 4.79 Å². The maximum atomic E-state index is 13.2. The fourth-order valence-electron chi connectivity index (χ4n) is 5.91. The maximum Gasteiger partial charge on any atom is 0.244 e. The van der Waals surface area contributed by atoms with Crippen molar-refractivity contribution in [1.29, 1.82) is 0 Å². The van der Waals surface area contributed by atoms with Gasteiger partial charge in [0, 0.05) is 32.0 Å². The lowest BCUT2D eigenvalue weighted by molar-refractivity contribution is -0.264. The van der Waals surface area contributed by atoms with Crippen LogP contribution in [0.3, 0.4) is 0 Å². The molecule has 5 nitrogen and oxygen atoms in total. The second-order valence-corrected chi connectivity index (χ2v) is 8.81. The molecule has 3 heterocycles. The minimum atomic E-state index is -0.226. The van der Waals surface area contributed by atoms with Crippen molar-refractivity contribution >= 4 is 5.91 Å². The molecule has 0 aromatic carbocycles. The highest BCUT2D eigenvalue weighted by molar-refractivity contribution is 5.85. The van der Waals surface area contributed by atoms with Gasteiger partial charge >= 0.3 is 0 Å². The third-order valence-electron chi connectivity index (χ3n) is 6.96. The normalized spacial score (nSPS) is 47.8. The summed E-state index contributed by atoms with van der Waals surface area (Å²) in [6.07, 6.45) is 3.70. The summed E-state index contributed by atoms with van der Waals surface area (Å²) in [6, 6.07) is -0.0681. The van der Waals surface area contributed by atoms with Crippen LogP contribution >= 0.6 is 0 Å². The first kappa shape index (κ1) is 15.9. The minimum absolute atomic E-state index is 0.0681. The molecule has 3 saturated heterocycles. The molecule has 1 amide bonds. The van der Waals surface area contributed by atoms with Gasteiger partial charge in [-0.2, -0.15) is 0 Å². The lowest BCUT2D eigenvalue weighted by atomic mass is 9.69. The molecule has 5 heteroatoms. The molecule has 3 unspecified atom stereocenters. The zero-order valence-electron chi connectivity index (χ0n) is 15.2. The molecule has 0 aromatic heterocycles. The Hall–Kier alpha value is -0.650. The summed E-state index contributed by atoms with van der Waals surface area (Å²) in [5.74, 6) is 2.31. The van der Waals surface area contributed by atoms with Crippen LogP contribution in [0.4, 0.5) is 0 Å². The van der Waals surface area contributed by atoms with Gasteiger partial charge in [0.1, 0.15) is 11.7 Å². The third-order valence-corrected chi connectivity index (χ3v) is 6.96. The average Bonchev–Trinajstić information content (AvgIpc) is 3.05. The predicted octanol–water partition coefficient (Wildman–Crippen LogP) is 1.79. The van der Waals surface area contributed by atoms with Crippen molar-refractivity contribution in [3.63, 3.8) is 0 Å².